The van der Waals surface area contributed by atoms with E-state index in [2.05, 4.69) is 26.1 Å². The second kappa shape index (κ2) is 10.4. The van der Waals surface area contributed by atoms with Crippen LogP contribution in [0, 0.1) is 6.92 Å². The van der Waals surface area contributed by atoms with Crippen molar-refractivity contribution in [3.05, 3.63) is 59.7 Å². The highest BCUT2D eigenvalue weighted by molar-refractivity contribution is 7.92. The van der Waals surface area contributed by atoms with Crippen LogP contribution in [0.2, 0.25) is 0 Å². The van der Waals surface area contributed by atoms with E-state index in [1.54, 1.807) is 36.4 Å². The summed E-state index contributed by atoms with van der Waals surface area (Å²) in [5.41, 5.74) is 2.58. The number of nitrogens with zero attached hydrogens (tertiary/aromatic N) is 1. The monoisotopic (exact) mass is 416 g/mol. The van der Waals surface area contributed by atoms with Crippen LogP contribution in [0.15, 0.2) is 53.4 Å². The SMILES string of the molecule is CCCCCNC(=O)CN(c1ccc(C(C)C)cc1)S(=O)(=O)c1ccc(C)cc1. The van der Waals surface area contributed by atoms with Gasteiger partial charge in [0, 0.05) is 6.54 Å². The number of hydrogen-bond donors (Lipinski definition) is 1. The Kier molecular flexibility index (Phi) is 8.26. The van der Waals surface area contributed by atoms with Crippen molar-refractivity contribution in [1.82, 2.24) is 5.32 Å². The lowest BCUT2D eigenvalue weighted by atomic mass is 10.0. The number of anilines is 1. The molecule has 1 N–H and O–H groups in total. The fourth-order valence-electron chi connectivity index (χ4n) is 2.97. The van der Waals surface area contributed by atoms with Gasteiger partial charge in [-0.3, -0.25) is 9.10 Å². The van der Waals surface area contributed by atoms with Gasteiger partial charge < -0.3 is 5.32 Å². The number of unbranched alkanes of at least 4 members (excludes halogenated alkanes) is 2. The van der Waals surface area contributed by atoms with E-state index in [0.717, 1.165) is 30.4 Å². The molecule has 0 saturated heterocycles. The van der Waals surface area contributed by atoms with E-state index in [1.165, 1.54) is 4.31 Å². The third-order valence-corrected chi connectivity index (χ3v) is 6.63. The van der Waals surface area contributed by atoms with Gasteiger partial charge in [0.05, 0.1) is 10.6 Å². The average molecular weight is 417 g/mol. The number of benzene rings is 2. The molecule has 0 bridgehead atoms. The normalized spacial score (nSPS) is 11.5. The number of nitrogens with one attached hydrogen (secondary N) is 1. The minimum absolute atomic E-state index is 0.176. The van der Waals surface area contributed by atoms with Gasteiger partial charge in [-0.1, -0.05) is 63.4 Å². The van der Waals surface area contributed by atoms with Crippen molar-refractivity contribution >= 4 is 21.6 Å². The van der Waals surface area contributed by atoms with Gasteiger partial charge in [0.25, 0.3) is 10.0 Å². The molecule has 2 aromatic rings. The summed E-state index contributed by atoms with van der Waals surface area (Å²) < 4.78 is 27.8. The molecule has 0 aliphatic heterocycles. The van der Waals surface area contributed by atoms with Crippen LogP contribution in [0.3, 0.4) is 0 Å². The smallest absolute Gasteiger partial charge is 0.264 e. The number of hydrogen-bond acceptors (Lipinski definition) is 3. The lowest BCUT2D eigenvalue weighted by molar-refractivity contribution is -0.119. The third-order valence-electron chi connectivity index (χ3n) is 4.85. The molecule has 0 spiro atoms. The number of rotatable bonds is 10. The molecule has 1 amide bonds. The van der Waals surface area contributed by atoms with E-state index in [9.17, 15) is 13.2 Å². The van der Waals surface area contributed by atoms with Crippen molar-refractivity contribution in [3.8, 4) is 0 Å². The number of amides is 1. The maximum atomic E-state index is 13.3. The fraction of sp³-hybridized carbons (Fsp3) is 0.435. The lowest BCUT2D eigenvalue weighted by Crippen LogP contribution is -2.41. The first-order valence-electron chi connectivity index (χ1n) is 10.2. The van der Waals surface area contributed by atoms with Gasteiger partial charge in [-0.2, -0.15) is 0 Å². The van der Waals surface area contributed by atoms with Crippen molar-refractivity contribution in [2.75, 3.05) is 17.4 Å². The van der Waals surface area contributed by atoms with Gasteiger partial charge in [-0.05, 0) is 49.1 Å². The first-order chi connectivity index (χ1) is 13.8. The number of sulfonamides is 1. The minimum Gasteiger partial charge on any atom is -0.355 e. The number of carbonyl (C=O) groups excluding carboxylic acids is 1. The zero-order valence-electron chi connectivity index (χ0n) is 17.8. The first kappa shape index (κ1) is 22.9. The van der Waals surface area contributed by atoms with E-state index in [0.29, 0.717) is 18.2 Å². The summed E-state index contributed by atoms with van der Waals surface area (Å²) in [5, 5.41) is 2.83. The van der Waals surface area contributed by atoms with E-state index < -0.39 is 10.0 Å². The van der Waals surface area contributed by atoms with Crippen LogP contribution in [0.4, 0.5) is 5.69 Å². The Bertz CT molecular complexity index is 889. The van der Waals surface area contributed by atoms with Crippen LogP contribution >= 0.6 is 0 Å². The average Bonchev–Trinajstić information content (AvgIpc) is 2.70. The Morgan fingerprint density at radius 2 is 1.62 bits per heavy atom. The number of aryl methyl sites for hydroxylation is 1. The Labute approximate surface area is 175 Å². The van der Waals surface area contributed by atoms with Crippen LogP contribution < -0.4 is 9.62 Å². The predicted octanol–water partition coefficient (Wildman–Crippen LogP) is 4.62. The lowest BCUT2D eigenvalue weighted by Gasteiger charge is -2.24. The highest BCUT2D eigenvalue weighted by atomic mass is 32.2. The molecule has 0 aliphatic carbocycles. The van der Waals surface area contributed by atoms with Crippen LogP contribution in [0.5, 0.6) is 0 Å². The molecule has 6 heteroatoms. The summed E-state index contributed by atoms with van der Waals surface area (Å²) in [7, 11) is -3.86. The summed E-state index contributed by atoms with van der Waals surface area (Å²) in [6.07, 6.45) is 2.98. The summed E-state index contributed by atoms with van der Waals surface area (Å²) in [6, 6.07) is 14.1. The molecule has 0 aliphatic rings. The van der Waals surface area contributed by atoms with Gasteiger partial charge in [0.1, 0.15) is 6.54 Å². The maximum Gasteiger partial charge on any atom is 0.264 e. The van der Waals surface area contributed by atoms with E-state index >= 15 is 0 Å². The van der Waals surface area contributed by atoms with Crippen molar-refractivity contribution in [1.29, 1.82) is 0 Å². The molecule has 2 rings (SSSR count). The van der Waals surface area contributed by atoms with E-state index in [4.69, 9.17) is 0 Å². The van der Waals surface area contributed by atoms with Crippen molar-refractivity contribution < 1.29 is 13.2 Å². The van der Waals surface area contributed by atoms with Crippen molar-refractivity contribution in [2.24, 2.45) is 0 Å². The second-order valence-electron chi connectivity index (χ2n) is 7.63. The molecule has 158 valence electrons. The molecule has 0 radical (unpaired) electrons. The van der Waals surface area contributed by atoms with Crippen molar-refractivity contribution in [3.63, 3.8) is 0 Å². The van der Waals surface area contributed by atoms with E-state index in [1.807, 2.05) is 19.1 Å². The standard InChI is InChI=1S/C23H32N2O3S/c1-5-6-7-16-24-23(26)17-25(21-12-10-20(11-13-21)18(2)3)29(27,28)22-14-8-19(4)9-15-22/h8-15,18H,5-7,16-17H2,1-4H3,(H,24,26). The molecule has 0 fully saturated rings. The van der Waals surface area contributed by atoms with Crippen LogP contribution in [-0.2, 0) is 14.8 Å². The quantitative estimate of drug-likeness (QED) is 0.575. The third kappa shape index (κ3) is 6.32. The molecule has 0 saturated carbocycles. The molecule has 0 atom stereocenters. The van der Waals surface area contributed by atoms with E-state index in [-0.39, 0.29) is 17.3 Å². The Morgan fingerprint density at radius 1 is 1.00 bits per heavy atom. The highest BCUT2D eigenvalue weighted by Crippen LogP contribution is 2.26. The zero-order chi connectivity index (χ0) is 21.4. The molecule has 5 nitrogen and oxygen atoms in total. The van der Waals surface area contributed by atoms with Crippen LogP contribution in [0.25, 0.3) is 0 Å². The van der Waals surface area contributed by atoms with Gasteiger partial charge >= 0.3 is 0 Å². The summed E-state index contributed by atoms with van der Waals surface area (Å²) >= 11 is 0. The molecular weight excluding hydrogens is 384 g/mol. The Balaban J connectivity index is 2.31. The Morgan fingerprint density at radius 3 is 2.17 bits per heavy atom. The molecule has 0 aromatic heterocycles. The van der Waals surface area contributed by atoms with Crippen LogP contribution in [-0.4, -0.2) is 27.4 Å². The molecule has 2 aromatic carbocycles. The van der Waals surface area contributed by atoms with Gasteiger partial charge in [0.15, 0.2) is 0 Å². The topological polar surface area (TPSA) is 66.5 Å². The van der Waals surface area contributed by atoms with Crippen molar-refractivity contribution in [2.45, 2.75) is 57.8 Å². The summed E-state index contributed by atoms with van der Waals surface area (Å²) in [5.74, 6) is 0.0396. The molecular formula is C23H32N2O3S. The molecule has 0 unspecified atom stereocenters. The second-order valence-corrected chi connectivity index (χ2v) is 9.49. The van der Waals surface area contributed by atoms with Gasteiger partial charge in [0.2, 0.25) is 5.91 Å². The number of carbonyl (C=O) groups is 1. The molecule has 29 heavy (non-hydrogen) atoms. The minimum atomic E-state index is -3.86. The predicted molar refractivity (Wildman–Crippen MR) is 119 cm³/mol. The van der Waals surface area contributed by atoms with Crippen LogP contribution in [0.1, 0.15) is 57.1 Å². The summed E-state index contributed by atoms with van der Waals surface area (Å²) in [4.78, 5) is 12.7. The summed E-state index contributed by atoms with van der Waals surface area (Å²) in [6.45, 7) is 8.47. The first-order valence-corrected chi connectivity index (χ1v) is 11.7. The zero-order valence-corrected chi connectivity index (χ0v) is 18.6. The fourth-order valence-corrected chi connectivity index (χ4v) is 4.39. The largest absolute Gasteiger partial charge is 0.355 e. The van der Waals surface area contributed by atoms with Gasteiger partial charge in [-0.25, -0.2) is 8.42 Å². The van der Waals surface area contributed by atoms with Gasteiger partial charge in [-0.15, -0.1) is 0 Å². The molecule has 0 heterocycles. The Hall–Kier alpha value is -2.34. The maximum absolute atomic E-state index is 13.3. The highest BCUT2D eigenvalue weighted by Gasteiger charge is 2.27.